The van der Waals surface area contributed by atoms with Gasteiger partial charge in [0.1, 0.15) is 0 Å². The average molecular weight is 560 g/mol. The molecule has 2 aromatic rings. The summed E-state index contributed by atoms with van der Waals surface area (Å²) in [6, 6.07) is 15.9. The van der Waals surface area contributed by atoms with Gasteiger partial charge >= 0.3 is 0 Å². The van der Waals surface area contributed by atoms with E-state index in [2.05, 4.69) is 49.0 Å². The fraction of sp³-hybridized carbons (Fsp3) is 0.300. The normalized spacial score (nSPS) is 11.0. The van der Waals surface area contributed by atoms with Crippen LogP contribution >= 0.6 is 39.9 Å². The summed E-state index contributed by atoms with van der Waals surface area (Å²) in [5, 5.41) is 9.49. The van der Waals surface area contributed by atoms with Crippen molar-refractivity contribution >= 4 is 57.5 Å². The molecule has 3 N–H and O–H groups in total. The Bertz CT molecular complexity index is 798. The van der Waals surface area contributed by atoms with E-state index in [1.165, 1.54) is 0 Å². The number of benzene rings is 2. The summed E-state index contributed by atoms with van der Waals surface area (Å²) in [5.74, 6) is 0.689. The van der Waals surface area contributed by atoms with Crippen LogP contribution in [0.3, 0.4) is 0 Å². The van der Waals surface area contributed by atoms with Gasteiger partial charge in [-0.2, -0.15) is 0 Å². The molecule has 8 heteroatoms. The van der Waals surface area contributed by atoms with Crippen LogP contribution in [0, 0.1) is 0 Å². The molecule has 0 radical (unpaired) electrons. The van der Waals surface area contributed by atoms with E-state index in [4.69, 9.17) is 0 Å². The summed E-state index contributed by atoms with van der Waals surface area (Å²) in [5.41, 5.74) is 3.01. The summed E-state index contributed by atoms with van der Waals surface area (Å²) >= 11 is 3.48. The first kappa shape index (κ1) is 24.4. The van der Waals surface area contributed by atoms with E-state index in [0.717, 1.165) is 27.2 Å². The van der Waals surface area contributed by atoms with Gasteiger partial charge in [0, 0.05) is 30.3 Å². The third kappa shape index (κ3) is 9.03. The predicted molar refractivity (Wildman–Crippen MR) is 130 cm³/mol. The minimum Gasteiger partial charge on any atom is -0.352 e. The van der Waals surface area contributed by atoms with Gasteiger partial charge in [-0.05, 0) is 49.5 Å². The number of guanidine groups is 1. The summed E-state index contributed by atoms with van der Waals surface area (Å²) in [4.78, 5) is 18.0. The van der Waals surface area contributed by atoms with Gasteiger partial charge in [0.05, 0.1) is 6.54 Å². The first-order valence-corrected chi connectivity index (χ1v) is 9.48. The number of rotatable bonds is 7. The smallest absolute Gasteiger partial charge is 0.238 e. The van der Waals surface area contributed by atoms with Gasteiger partial charge in [-0.25, -0.2) is 0 Å². The Kier molecular flexibility index (Phi) is 11.1. The van der Waals surface area contributed by atoms with Crippen molar-refractivity contribution in [2.45, 2.75) is 13.1 Å². The molecule has 2 rings (SSSR count). The standard InChI is InChI=1S/C20H26BrN5O.HI/c1-22-20(23-12-15-6-4-8-17(21)10-15)24-13-16-7-5-9-18(11-16)25-19(27)14-26(2)3;/h4-11H,12-14H2,1-3H3,(H,25,27)(H2,22,23,24);1H. The summed E-state index contributed by atoms with van der Waals surface area (Å²) < 4.78 is 1.05. The molecule has 0 aliphatic carbocycles. The van der Waals surface area contributed by atoms with Crippen LogP contribution in [0.5, 0.6) is 0 Å². The maximum atomic E-state index is 11.9. The molecule has 0 unspecified atom stereocenters. The van der Waals surface area contributed by atoms with Crippen molar-refractivity contribution in [3.63, 3.8) is 0 Å². The second kappa shape index (κ2) is 12.7. The largest absolute Gasteiger partial charge is 0.352 e. The van der Waals surface area contributed by atoms with Crippen molar-refractivity contribution in [3.05, 3.63) is 64.1 Å². The molecule has 2 aromatic carbocycles. The van der Waals surface area contributed by atoms with E-state index >= 15 is 0 Å². The Labute approximate surface area is 192 Å². The molecule has 0 aromatic heterocycles. The van der Waals surface area contributed by atoms with Crippen LogP contribution in [-0.4, -0.2) is 44.5 Å². The third-order valence-corrected chi connectivity index (χ3v) is 4.20. The van der Waals surface area contributed by atoms with Crippen molar-refractivity contribution < 1.29 is 4.79 Å². The third-order valence-electron chi connectivity index (χ3n) is 3.70. The molecule has 28 heavy (non-hydrogen) atoms. The molecule has 0 spiro atoms. The monoisotopic (exact) mass is 559 g/mol. The Morgan fingerprint density at radius 3 is 2.21 bits per heavy atom. The molecule has 0 saturated heterocycles. The number of aliphatic imine (C=N–C) groups is 1. The first-order valence-electron chi connectivity index (χ1n) is 8.69. The maximum Gasteiger partial charge on any atom is 0.238 e. The van der Waals surface area contributed by atoms with Crippen LogP contribution in [0.2, 0.25) is 0 Å². The topological polar surface area (TPSA) is 68.8 Å². The predicted octanol–water partition coefficient (Wildman–Crippen LogP) is 3.43. The van der Waals surface area contributed by atoms with Gasteiger partial charge in [0.2, 0.25) is 5.91 Å². The molecule has 1 amide bonds. The van der Waals surface area contributed by atoms with E-state index in [9.17, 15) is 4.79 Å². The number of hydrogen-bond acceptors (Lipinski definition) is 3. The molecular weight excluding hydrogens is 533 g/mol. The Balaban J connectivity index is 0.00000392. The Hall–Kier alpha value is -1.65. The molecule has 0 fully saturated rings. The number of carbonyl (C=O) groups excluding carboxylic acids is 1. The highest BCUT2D eigenvalue weighted by atomic mass is 127. The lowest BCUT2D eigenvalue weighted by Crippen LogP contribution is -2.36. The molecule has 0 saturated carbocycles. The summed E-state index contributed by atoms with van der Waals surface area (Å²) in [6.45, 7) is 1.64. The van der Waals surface area contributed by atoms with Crippen molar-refractivity contribution in [3.8, 4) is 0 Å². The second-order valence-electron chi connectivity index (χ2n) is 6.40. The average Bonchev–Trinajstić information content (AvgIpc) is 2.61. The highest BCUT2D eigenvalue weighted by molar-refractivity contribution is 14.0. The van der Waals surface area contributed by atoms with E-state index in [1.807, 2.05) is 55.4 Å². The van der Waals surface area contributed by atoms with E-state index < -0.39 is 0 Å². The number of nitrogens with one attached hydrogen (secondary N) is 3. The van der Waals surface area contributed by atoms with E-state index in [0.29, 0.717) is 19.6 Å². The van der Waals surface area contributed by atoms with Crippen molar-refractivity contribution in [2.75, 3.05) is 33.0 Å². The van der Waals surface area contributed by atoms with E-state index in [1.54, 1.807) is 7.05 Å². The lowest BCUT2D eigenvalue weighted by Gasteiger charge is -2.13. The maximum absolute atomic E-state index is 11.9. The van der Waals surface area contributed by atoms with Crippen LogP contribution in [0.25, 0.3) is 0 Å². The molecule has 0 bridgehead atoms. The summed E-state index contributed by atoms with van der Waals surface area (Å²) in [6.07, 6.45) is 0. The molecule has 0 aliphatic rings. The Morgan fingerprint density at radius 2 is 1.64 bits per heavy atom. The minimum absolute atomic E-state index is 0. The van der Waals surface area contributed by atoms with Crippen molar-refractivity contribution in [1.82, 2.24) is 15.5 Å². The van der Waals surface area contributed by atoms with Gasteiger partial charge in [-0.15, -0.1) is 24.0 Å². The van der Waals surface area contributed by atoms with Crippen molar-refractivity contribution in [1.29, 1.82) is 0 Å². The number of likely N-dealkylation sites (N-methyl/N-ethyl adjacent to an activating group) is 1. The number of hydrogen-bond donors (Lipinski definition) is 3. The molecule has 0 atom stereocenters. The lowest BCUT2D eigenvalue weighted by molar-refractivity contribution is -0.116. The van der Waals surface area contributed by atoms with Crippen LogP contribution < -0.4 is 16.0 Å². The first-order chi connectivity index (χ1) is 13.0. The van der Waals surface area contributed by atoms with Gasteiger partial charge in [-0.1, -0.05) is 40.2 Å². The number of amides is 1. The van der Waals surface area contributed by atoms with Crippen LogP contribution in [-0.2, 0) is 17.9 Å². The number of halogens is 2. The zero-order valence-electron chi connectivity index (χ0n) is 16.3. The lowest BCUT2D eigenvalue weighted by atomic mass is 10.2. The highest BCUT2D eigenvalue weighted by Gasteiger charge is 2.05. The van der Waals surface area contributed by atoms with Gasteiger partial charge in [0.15, 0.2) is 5.96 Å². The number of anilines is 1. The highest BCUT2D eigenvalue weighted by Crippen LogP contribution is 2.12. The summed E-state index contributed by atoms with van der Waals surface area (Å²) in [7, 11) is 5.48. The fourth-order valence-corrected chi connectivity index (χ4v) is 2.93. The molecule has 0 aliphatic heterocycles. The van der Waals surface area contributed by atoms with Crippen molar-refractivity contribution in [2.24, 2.45) is 4.99 Å². The second-order valence-corrected chi connectivity index (χ2v) is 7.31. The SMILES string of the molecule is CN=C(NCc1cccc(Br)c1)NCc1cccc(NC(=O)CN(C)C)c1.I. The number of carbonyl (C=O) groups is 1. The molecular formula is C20H27BrIN5O. The molecule has 6 nitrogen and oxygen atoms in total. The quantitative estimate of drug-likeness (QED) is 0.276. The zero-order chi connectivity index (χ0) is 19.6. The van der Waals surface area contributed by atoms with Gasteiger partial charge < -0.3 is 20.9 Å². The van der Waals surface area contributed by atoms with E-state index in [-0.39, 0.29) is 29.9 Å². The molecule has 0 heterocycles. The minimum atomic E-state index is -0.0309. The number of nitrogens with zero attached hydrogens (tertiary/aromatic N) is 2. The van der Waals surface area contributed by atoms with Crippen LogP contribution in [0.4, 0.5) is 5.69 Å². The van der Waals surface area contributed by atoms with Gasteiger partial charge in [0.25, 0.3) is 0 Å². The van der Waals surface area contributed by atoms with Crippen LogP contribution in [0.1, 0.15) is 11.1 Å². The Morgan fingerprint density at radius 1 is 1.04 bits per heavy atom. The zero-order valence-corrected chi connectivity index (χ0v) is 20.2. The molecule has 152 valence electrons. The van der Waals surface area contributed by atoms with Crippen LogP contribution in [0.15, 0.2) is 58.0 Å². The van der Waals surface area contributed by atoms with Gasteiger partial charge in [-0.3, -0.25) is 9.79 Å². The fourth-order valence-electron chi connectivity index (χ4n) is 2.49.